The first-order valence-electron chi connectivity index (χ1n) is 9.61. The van der Waals surface area contributed by atoms with E-state index in [1.807, 2.05) is 49.4 Å². The first-order valence-corrected chi connectivity index (χ1v) is 10.5. The molecule has 0 aliphatic heterocycles. The zero-order valence-corrected chi connectivity index (χ0v) is 17.4. The van der Waals surface area contributed by atoms with E-state index in [1.165, 1.54) is 11.8 Å². The maximum absolute atomic E-state index is 12.7. The van der Waals surface area contributed by atoms with Crippen molar-refractivity contribution in [2.75, 3.05) is 0 Å². The number of carbonyl (C=O) groups is 1. The molecule has 1 atom stereocenters. The lowest BCUT2D eigenvalue weighted by atomic mass is 10.1. The van der Waals surface area contributed by atoms with Gasteiger partial charge in [0.1, 0.15) is 0 Å². The Kier molecular flexibility index (Phi) is 6.87. The summed E-state index contributed by atoms with van der Waals surface area (Å²) >= 11 is 1.48. The summed E-state index contributed by atoms with van der Waals surface area (Å²) in [6.07, 6.45) is 0.724. The quantitative estimate of drug-likeness (QED) is 0.573. The molecule has 1 aromatic heterocycles. The van der Waals surface area contributed by atoms with Crippen LogP contribution >= 0.6 is 11.8 Å². The standard InChI is InChI=1S/C22H26N4OS/c1-4-19(21(27)23-15-17-12-7-6-8-13-17)28-22-25-24-20(26(22)5-2)18-14-10-9-11-16(18)3/h6-14,19H,4-5,15H2,1-3H3,(H,23,27). The lowest BCUT2D eigenvalue weighted by molar-refractivity contribution is -0.120. The molecule has 1 heterocycles. The van der Waals surface area contributed by atoms with Crippen LogP contribution in [0.3, 0.4) is 0 Å². The van der Waals surface area contributed by atoms with E-state index in [1.54, 1.807) is 0 Å². The number of aromatic nitrogens is 3. The van der Waals surface area contributed by atoms with Gasteiger partial charge in [0.05, 0.1) is 5.25 Å². The Morgan fingerprint density at radius 3 is 2.46 bits per heavy atom. The fourth-order valence-electron chi connectivity index (χ4n) is 3.03. The molecule has 146 valence electrons. The Balaban J connectivity index is 1.74. The van der Waals surface area contributed by atoms with Gasteiger partial charge in [-0.2, -0.15) is 0 Å². The average molecular weight is 395 g/mol. The summed E-state index contributed by atoms with van der Waals surface area (Å²) in [7, 11) is 0. The Hall–Kier alpha value is -2.60. The number of nitrogens with one attached hydrogen (secondary N) is 1. The Bertz CT molecular complexity index is 923. The second kappa shape index (κ2) is 9.55. The van der Waals surface area contributed by atoms with Gasteiger partial charge in [-0.05, 0) is 31.4 Å². The highest BCUT2D eigenvalue weighted by Gasteiger charge is 2.22. The molecule has 0 radical (unpaired) electrons. The van der Waals surface area contributed by atoms with Gasteiger partial charge in [0, 0.05) is 18.7 Å². The highest BCUT2D eigenvalue weighted by atomic mass is 32.2. The van der Waals surface area contributed by atoms with Crippen LogP contribution < -0.4 is 5.32 Å². The lowest BCUT2D eigenvalue weighted by Crippen LogP contribution is -2.32. The van der Waals surface area contributed by atoms with Crippen molar-refractivity contribution in [1.29, 1.82) is 0 Å². The van der Waals surface area contributed by atoms with Crippen LogP contribution in [0.15, 0.2) is 59.8 Å². The Labute approximate surface area is 170 Å². The van der Waals surface area contributed by atoms with Gasteiger partial charge in [0.2, 0.25) is 5.91 Å². The number of thioether (sulfide) groups is 1. The second-order valence-electron chi connectivity index (χ2n) is 6.58. The monoisotopic (exact) mass is 394 g/mol. The topological polar surface area (TPSA) is 59.8 Å². The zero-order chi connectivity index (χ0) is 19.9. The van der Waals surface area contributed by atoms with Crippen LogP contribution in [0.4, 0.5) is 0 Å². The lowest BCUT2D eigenvalue weighted by Gasteiger charge is -2.15. The first-order chi connectivity index (χ1) is 13.6. The smallest absolute Gasteiger partial charge is 0.233 e. The fraction of sp³-hybridized carbons (Fsp3) is 0.318. The molecule has 1 unspecified atom stereocenters. The van der Waals surface area contributed by atoms with E-state index in [-0.39, 0.29) is 11.2 Å². The van der Waals surface area contributed by atoms with Crippen molar-refractivity contribution < 1.29 is 4.79 Å². The third-order valence-corrected chi connectivity index (χ3v) is 5.98. The minimum absolute atomic E-state index is 0.0273. The van der Waals surface area contributed by atoms with E-state index in [0.717, 1.165) is 40.6 Å². The highest BCUT2D eigenvalue weighted by molar-refractivity contribution is 8.00. The normalized spacial score (nSPS) is 12.0. The van der Waals surface area contributed by atoms with Crippen LogP contribution in [-0.4, -0.2) is 25.9 Å². The number of rotatable bonds is 8. The molecule has 0 aliphatic rings. The van der Waals surface area contributed by atoms with Crippen molar-refractivity contribution in [2.45, 2.75) is 50.7 Å². The molecule has 2 aromatic carbocycles. The molecule has 6 heteroatoms. The molecule has 1 amide bonds. The van der Waals surface area contributed by atoms with Crippen molar-refractivity contribution in [2.24, 2.45) is 0 Å². The van der Waals surface area contributed by atoms with Crippen molar-refractivity contribution >= 4 is 17.7 Å². The van der Waals surface area contributed by atoms with E-state index in [9.17, 15) is 4.79 Å². The first kappa shape index (κ1) is 20.1. The van der Waals surface area contributed by atoms with Crippen molar-refractivity contribution in [3.63, 3.8) is 0 Å². The van der Waals surface area contributed by atoms with Crippen LogP contribution in [0, 0.1) is 6.92 Å². The molecule has 0 fully saturated rings. The highest BCUT2D eigenvalue weighted by Crippen LogP contribution is 2.29. The predicted octanol–water partition coefficient (Wildman–Crippen LogP) is 4.46. The number of nitrogens with zero attached hydrogens (tertiary/aromatic N) is 3. The number of hydrogen-bond donors (Lipinski definition) is 1. The molecule has 0 aliphatic carbocycles. The van der Waals surface area contributed by atoms with Gasteiger partial charge in [0.25, 0.3) is 0 Å². The van der Waals surface area contributed by atoms with E-state index >= 15 is 0 Å². The maximum Gasteiger partial charge on any atom is 0.233 e. The van der Waals surface area contributed by atoms with Crippen LogP contribution in [0.2, 0.25) is 0 Å². The molecule has 0 saturated carbocycles. The number of hydrogen-bond acceptors (Lipinski definition) is 4. The molecular formula is C22H26N4OS. The molecule has 1 N–H and O–H groups in total. The van der Waals surface area contributed by atoms with Crippen LogP contribution in [0.5, 0.6) is 0 Å². The van der Waals surface area contributed by atoms with Gasteiger partial charge >= 0.3 is 0 Å². The van der Waals surface area contributed by atoms with Crippen LogP contribution in [-0.2, 0) is 17.9 Å². The Morgan fingerprint density at radius 1 is 1.07 bits per heavy atom. The molecule has 5 nitrogen and oxygen atoms in total. The summed E-state index contributed by atoms with van der Waals surface area (Å²) < 4.78 is 2.08. The summed E-state index contributed by atoms with van der Waals surface area (Å²) in [5.74, 6) is 0.877. The van der Waals surface area contributed by atoms with Crippen molar-refractivity contribution in [1.82, 2.24) is 20.1 Å². The molecule has 28 heavy (non-hydrogen) atoms. The van der Waals surface area contributed by atoms with Gasteiger partial charge in [0.15, 0.2) is 11.0 Å². The number of aryl methyl sites for hydroxylation is 1. The summed E-state index contributed by atoms with van der Waals surface area (Å²) in [6.45, 7) is 7.45. The largest absolute Gasteiger partial charge is 0.351 e. The summed E-state index contributed by atoms with van der Waals surface area (Å²) in [5, 5.41) is 12.4. The van der Waals surface area contributed by atoms with Gasteiger partial charge in [-0.3, -0.25) is 4.79 Å². The predicted molar refractivity (Wildman–Crippen MR) is 114 cm³/mol. The van der Waals surface area contributed by atoms with E-state index in [0.29, 0.717) is 6.54 Å². The second-order valence-corrected chi connectivity index (χ2v) is 7.75. The number of amides is 1. The summed E-state index contributed by atoms with van der Waals surface area (Å²) in [6, 6.07) is 18.1. The van der Waals surface area contributed by atoms with Crippen molar-refractivity contribution in [3.8, 4) is 11.4 Å². The molecule has 3 aromatic rings. The van der Waals surface area contributed by atoms with Gasteiger partial charge in [-0.25, -0.2) is 0 Å². The van der Waals surface area contributed by atoms with Gasteiger partial charge in [-0.15, -0.1) is 10.2 Å². The summed E-state index contributed by atoms with van der Waals surface area (Å²) in [5.41, 5.74) is 3.33. The minimum atomic E-state index is -0.206. The SMILES string of the molecule is CCC(Sc1nnc(-c2ccccc2C)n1CC)C(=O)NCc1ccccc1. The zero-order valence-electron chi connectivity index (χ0n) is 16.6. The van der Waals surface area contributed by atoms with Gasteiger partial charge < -0.3 is 9.88 Å². The number of benzene rings is 2. The van der Waals surface area contributed by atoms with Gasteiger partial charge in [-0.1, -0.05) is 73.3 Å². The average Bonchev–Trinajstić information content (AvgIpc) is 3.13. The van der Waals surface area contributed by atoms with Crippen LogP contribution in [0.25, 0.3) is 11.4 Å². The third-order valence-electron chi connectivity index (χ3n) is 4.64. The molecule has 0 bridgehead atoms. The number of carbonyl (C=O) groups excluding carboxylic acids is 1. The molecule has 0 saturated heterocycles. The summed E-state index contributed by atoms with van der Waals surface area (Å²) in [4.78, 5) is 12.7. The van der Waals surface area contributed by atoms with Crippen molar-refractivity contribution in [3.05, 3.63) is 65.7 Å². The van der Waals surface area contributed by atoms with E-state index in [2.05, 4.69) is 46.1 Å². The maximum atomic E-state index is 12.7. The molecular weight excluding hydrogens is 368 g/mol. The Morgan fingerprint density at radius 2 is 1.79 bits per heavy atom. The molecule has 0 spiro atoms. The van der Waals surface area contributed by atoms with E-state index < -0.39 is 0 Å². The third kappa shape index (κ3) is 4.62. The van der Waals surface area contributed by atoms with Crippen LogP contribution in [0.1, 0.15) is 31.4 Å². The minimum Gasteiger partial charge on any atom is -0.351 e. The molecule has 3 rings (SSSR count). The fourth-order valence-corrected chi connectivity index (χ4v) is 4.07. The van der Waals surface area contributed by atoms with E-state index in [4.69, 9.17) is 0 Å².